The molecule has 0 saturated heterocycles. The Bertz CT molecular complexity index is 65.4. The quantitative estimate of drug-likeness (QED) is 0.445. The Labute approximate surface area is 59.2 Å². The van der Waals surface area contributed by atoms with E-state index in [0.29, 0.717) is 12.5 Å². The summed E-state index contributed by atoms with van der Waals surface area (Å²) >= 11 is 10.7. The van der Waals surface area contributed by atoms with Crippen molar-refractivity contribution in [1.29, 1.82) is 0 Å². The lowest BCUT2D eigenvalue weighted by molar-refractivity contribution is 0.149. The van der Waals surface area contributed by atoms with Gasteiger partial charge in [0.05, 0.1) is 12.5 Å². The molecule has 0 fully saturated rings. The van der Waals surface area contributed by atoms with Crippen molar-refractivity contribution in [2.45, 2.75) is 5.56 Å². The van der Waals surface area contributed by atoms with Crippen molar-refractivity contribution in [2.75, 3.05) is 12.5 Å². The van der Waals surface area contributed by atoms with Crippen molar-refractivity contribution < 1.29 is 4.74 Å². The van der Waals surface area contributed by atoms with Gasteiger partial charge in [-0.15, -0.1) is 18.2 Å². The van der Waals surface area contributed by atoms with Crippen LogP contribution in [-0.2, 0) is 4.74 Å². The van der Waals surface area contributed by atoms with E-state index in [-0.39, 0.29) is 5.56 Å². The molecule has 0 saturated carbocycles. The summed E-state index contributed by atoms with van der Waals surface area (Å²) in [5, 5.41) is 0. The fraction of sp³-hybridized carbons (Fsp3) is 0.600. The van der Waals surface area contributed by atoms with Gasteiger partial charge in [-0.1, -0.05) is 17.7 Å². The van der Waals surface area contributed by atoms with E-state index in [2.05, 4.69) is 6.58 Å². The van der Waals surface area contributed by atoms with Crippen LogP contribution in [0.5, 0.6) is 0 Å². The Morgan fingerprint density at radius 1 is 1.75 bits per heavy atom. The molecular formula is C5H8Cl2O. The van der Waals surface area contributed by atoms with Crippen LogP contribution in [0, 0.1) is 0 Å². The zero-order chi connectivity index (χ0) is 6.41. The molecule has 0 aromatic carbocycles. The van der Waals surface area contributed by atoms with Crippen LogP contribution in [0.25, 0.3) is 0 Å². The first kappa shape index (κ1) is 8.28. The number of rotatable bonds is 4. The molecule has 0 N–H and O–H groups in total. The van der Waals surface area contributed by atoms with Gasteiger partial charge in [0, 0.05) is 0 Å². The molecule has 0 bridgehead atoms. The summed E-state index contributed by atoms with van der Waals surface area (Å²) in [4.78, 5) is 0. The van der Waals surface area contributed by atoms with Crippen LogP contribution in [0.2, 0.25) is 0 Å². The van der Waals surface area contributed by atoms with E-state index in [9.17, 15) is 0 Å². The largest absolute Gasteiger partial charge is 0.357 e. The van der Waals surface area contributed by atoms with Crippen molar-refractivity contribution >= 4 is 23.2 Å². The maximum atomic E-state index is 5.44. The molecule has 3 heteroatoms. The standard InChI is InChI=1S/C5H8Cl2O/c1-2-3-8-5(7)4-6/h2,5H,1,3-4H2. The minimum Gasteiger partial charge on any atom is -0.357 e. The molecular weight excluding hydrogens is 147 g/mol. The zero-order valence-corrected chi connectivity index (χ0v) is 5.95. The molecule has 1 atom stereocenters. The Morgan fingerprint density at radius 3 is 2.75 bits per heavy atom. The van der Waals surface area contributed by atoms with Gasteiger partial charge in [-0.2, -0.15) is 0 Å². The molecule has 0 aromatic rings. The fourth-order valence-electron chi connectivity index (χ4n) is 0.217. The van der Waals surface area contributed by atoms with E-state index in [4.69, 9.17) is 27.9 Å². The first-order valence-electron chi connectivity index (χ1n) is 2.23. The van der Waals surface area contributed by atoms with Gasteiger partial charge in [-0.05, 0) is 0 Å². The van der Waals surface area contributed by atoms with Gasteiger partial charge >= 0.3 is 0 Å². The van der Waals surface area contributed by atoms with E-state index < -0.39 is 0 Å². The van der Waals surface area contributed by atoms with E-state index >= 15 is 0 Å². The van der Waals surface area contributed by atoms with E-state index in [1.807, 2.05) is 0 Å². The first-order chi connectivity index (χ1) is 3.81. The number of hydrogen-bond donors (Lipinski definition) is 0. The topological polar surface area (TPSA) is 9.23 Å². The second kappa shape index (κ2) is 5.42. The van der Waals surface area contributed by atoms with Crippen LogP contribution in [0.4, 0.5) is 0 Å². The third-order valence-electron chi connectivity index (χ3n) is 0.516. The SMILES string of the molecule is C=CCOC(Cl)CCl. The second-order valence-corrected chi connectivity index (χ2v) is 1.98. The summed E-state index contributed by atoms with van der Waals surface area (Å²) in [5.41, 5.74) is -0.380. The third-order valence-corrected chi connectivity index (χ3v) is 1.23. The highest BCUT2D eigenvalue weighted by Gasteiger charge is 1.97. The lowest BCUT2D eigenvalue weighted by atomic mass is 10.7. The Hall–Kier alpha value is 0.280. The van der Waals surface area contributed by atoms with Crippen LogP contribution in [-0.4, -0.2) is 18.1 Å². The molecule has 0 aliphatic rings. The summed E-state index contributed by atoms with van der Waals surface area (Å²) in [7, 11) is 0. The number of ether oxygens (including phenoxy) is 1. The molecule has 0 spiro atoms. The molecule has 48 valence electrons. The molecule has 0 aliphatic heterocycles. The van der Waals surface area contributed by atoms with Crippen LogP contribution < -0.4 is 0 Å². The van der Waals surface area contributed by atoms with Gasteiger partial charge in [0.1, 0.15) is 5.56 Å². The molecule has 0 radical (unpaired) electrons. The highest BCUT2D eigenvalue weighted by atomic mass is 35.5. The number of alkyl halides is 2. The van der Waals surface area contributed by atoms with E-state index in [1.165, 1.54) is 0 Å². The predicted molar refractivity (Wildman–Crippen MR) is 36.5 cm³/mol. The summed E-state index contributed by atoms with van der Waals surface area (Å²) in [6, 6.07) is 0. The molecule has 0 aromatic heterocycles. The Balaban J connectivity index is 2.97. The summed E-state index contributed by atoms with van der Waals surface area (Å²) in [5.74, 6) is 0.315. The molecule has 0 aliphatic carbocycles. The molecule has 0 heterocycles. The normalized spacial score (nSPS) is 13.2. The van der Waals surface area contributed by atoms with Gasteiger partial charge in [0.15, 0.2) is 0 Å². The van der Waals surface area contributed by atoms with Gasteiger partial charge in [-0.3, -0.25) is 0 Å². The number of hydrogen-bond acceptors (Lipinski definition) is 1. The van der Waals surface area contributed by atoms with Crippen molar-refractivity contribution in [3.63, 3.8) is 0 Å². The Kier molecular flexibility index (Phi) is 5.61. The average molecular weight is 155 g/mol. The molecule has 0 amide bonds. The van der Waals surface area contributed by atoms with Crippen LogP contribution in [0.3, 0.4) is 0 Å². The summed E-state index contributed by atoms with van der Waals surface area (Å²) in [6.45, 7) is 3.90. The van der Waals surface area contributed by atoms with Gasteiger partial charge in [0.25, 0.3) is 0 Å². The highest BCUT2D eigenvalue weighted by Crippen LogP contribution is 1.99. The molecule has 8 heavy (non-hydrogen) atoms. The van der Waals surface area contributed by atoms with Crippen molar-refractivity contribution in [3.8, 4) is 0 Å². The fourth-order valence-corrected chi connectivity index (χ4v) is 0.379. The zero-order valence-electron chi connectivity index (χ0n) is 4.44. The Morgan fingerprint density at radius 2 is 2.38 bits per heavy atom. The van der Waals surface area contributed by atoms with Gasteiger partial charge in [0.2, 0.25) is 0 Å². The summed E-state index contributed by atoms with van der Waals surface area (Å²) < 4.78 is 4.86. The van der Waals surface area contributed by atoms with E-state index in [0.717, 1.165) is 0 Å². The first-order valence-corrected chi connectivity index (χ1v) is 3.21. The van der Waals surface area contributed by atoms with Crippen LogP contribution >= 0.6 is 23.2 Å². The third kappa shape index (κ3) is 4.44. The number of halogens is 2. The molecule has 0 rings (SSSR count). The highest BCUT2D eigenvalue weighted by molar-refractivity contribution is 6.27. The smallest absolute Gasteiger partial charge is 0.145 e. The van der Waals surface area contributed by atoms with Crippen molar-refractivity contribution in [3.05, 3.63) is 12.7 Å². The van der Waals surface area contributed by atoms with E-state index in [1.54, 1.807) is 6.08 Å². The predicted octanol–water partition coefficient (Wildman–Crippen LogP) is 1.99. The minimum absolute atomic E-state index is 0.315. The van der Waals surface area contributed by atoms with Crippen molar-refractivity contribution in [2.24, 2.45) is 0 Å². The van der Waals surface area contributed by atoms with Crippen molar-refractivity contribution in [1.82, 2.24) is 0 Å². The minimum atomic E-state index is -0.380. The lowest BCUT2D eigenvalue weighted by Crippen LogP contribution is -2.05. The van der Waals surface area contributed by atoms with Gasteiger partial charge < -0.3 is 4.74 Å². The monoisotopic (exact) mass is 154 g/mol. The lowest BCUT2D eigenvalue weighted by Gasteiger charge is -2.02. The summed E-state index contributed by atoms with van der Waals surface area (Å²) in [6.07, 6.45) is 1.63. The van der Waals surface area contributed by atoms with Gasteiger partial charge in [-0.25, -0.2) is 0 Å². The maximum absolute atomic E-state index is 5.44. The van der Waals surface area contributed by atoms with Crippen LogP contribution in [0.1, 0.15) is 0 Å². The maximum Gasteiger partial charge on any atom is 0.145 e. The molecule has 1 nitrogen and oxygen atoms in total. The average Bonchev–Trinajstić information content (AvgIpc) is 1.83. The molecule has 1 unspecified atom stereocenters. The second-order valence-electron chi connectivity index (χ2n) is 1.19. The van der Waals surface area contributed by atoms with Crippen LogP contribution in [0.15, 0.2) is 12.7 Å².